The molecule has 0 radical (unpaired) electrons. The van der Waals surface area contributed by atoms with Crippen molar-refractivity contribution in [3.8, 4) is 0 Å². The Morgan fingerprint density at radius 1 is 1.47 bits per heavy atom. The van der Waals surface area contributed by atoms with Gasteiger partial charge in [0.2, 0.25) is 0 Å². The summed E-state index contributed by atoms with van der Waals surface area (Å²) in [4.78, 5) is 24.4. The molecule has 1 N–H and O–H groups in total. The zero-order valence-corrected chi connectivity index (χ0v) is 12.4. The predicted molar refractivity (Wildman–Crippen MR) is 74.7 cm³/mol. The van der Waals surface area contributed by atoms with Crippen LogP contribution in [0, 0.1) is 0 Å². The summed E-state index contributed by atoms with van der Waals surface area (Å²) in [5.41, 5.74) is -0.616. The monoisotopic (exact) mass is 285 g/mol. The van der Waals surface area contributed by atoms with E-state index >= 15 is 0 Å². The van der Waals surface area contributed by atoms with Crippen LogP contribution in [0.1, 0.15) is 34.1 Å². The lowest BCUT2D eigenvalue weighted by atomic mass is 10.2. The van der Waals surface area contributed by atoms with Crippen molar-refractivity contribution < 1.29 is 19.4 Å². The lowest BCUT2D eigenvalue weighted by Gasteiger charge is -2.30. The van der Waals surface area contributed by atoms with E-state index < -0.39 is 23.7 Å². The summed E-state index contributed by atoms with van der Waals surface area (Å²) < 4.78 is 5.33. The smallest absolute Gasteiger partial charge is 0.415 e. The SMILES string of the molecule is C[C@H](CC(=O)O)N(C(=O)OC(C)(C)C)c1cccs1. The second-order valence-electron chi connectivity index (χ2n) is 5.25. The Labute approximate surface area is 116 Å². The Hall–Kier alpha value is -1.56. The van der Waals surface area contributed by atoms with Gasteiger partial charge in [-0.2, -0.15) is 0 Å². The maximum Gasteiger partial charge on any atom is 0.415 e. The summed E-state index contributed by atoms with van der Waals surface area (Å²) in [5, 5.41) is 11.4. The van der Waals surface area contributed by atoms with Crippen LogP contribution in [0.15, 0.2) is 17.5 Å². The summed E-state index contributed by atoms with van der Waals surface area (Å²) in [7, 11) is 0. The first-order chi connectivity index (χ1) is 8.70. The fourth-order valence-corrected chi connectivity index (χ4v) is 2.37. The molecule has 1 aromatic rings. The molecular formula is C13H19NO4S. The molecule has 1 heterocycles. The number of hydrogen-bond acceptors (Lipinski definition) is 4. The predicted octanol–water partition coefficient (Wildman–Crippen LogP) is 3.35. The molecule has 1 aromatic heterocycles. The molecule has 0 fully saturated rings. The molecule has 0 saturated heterocycles. The number of thiophene rings is 1. The molecule has 0 spiro atoms. The fourth-order valence-electron chi connectivity index (χ4n) is 1.55. The van der Waals surface area contributed by atoms with Crippen molar-refractivity contribution in [3.63, 3.8) is 0 Å². The second kappa shape index (κ2) is 6.06. The molecule has 1 atom stereocenters. The molecule has 0 saturated carbocycles. The lowest BCUT2D eigenvalue weighted by Crippen LogP contribution is -2.42. The molecule has 0 aliphatic carbocycles. The third kappa shape index (κ3) is 4.90. The number of hydrogen-bond donors (Lipinski definition) is 1. The van der Waals surface area contributed by atoms with Gasteiger partial charge in [0.1, 0.15) is 10.6 Å². The molecule has 0 aliphatic rings. The van der Waals surface area contributed by atoms with Crippen molar-refractivity contribution in [3.05, 3.63) is 17.5 Å². The second-order valence-corrected chi connectivity index (χ2v) is 6.17. The van der Waals surface area contributed by atoms with Crippen LogP contribution in [-0.2, 0) is 9.53 Å². The Kier molecular flexibility index (Phi) is 4.94. The Morgan fingerprint density at radius 3 is 2.53 bits per heavy atom. The van der Waals surface area contributed by atoms with Crippen LogP contribution in [0.4, 0.5) is 9.80 Å². The largest absolute Gasteiger partial charge is 0.481 e. The van der Waals surface area contributed by atoms with Crippen molar-refractivity contribution in [1.29, 1.82) is 0 Å². The Morgan fingerprint density at radius 2 is 2.11 bits per heavy atom. The number of carbonyl (C=O) groups is 2. The van der Waals surface area contributed by atoms with E-state index in [1.165, 1.54) is 16.2 Å². The van der Waals surface area contributed by atoms with Crippen molar-refractivity contribution in [2.45, 2.75) is 45.8 Å². The number of nitrogens with zero attached hydrogens (tertiary/aromatic N) is 1. The van der Waals surface area contributed by atoms with E-state index in [-0.39, 0.29) is 6.42 Å². The number of aliphatic carboxylic acids is 1. The highest BCUT2D eigenvalue weighted by molar-refractivity contribution is 7.14. The van der Waals surface area contributed by atoms with E-state index in [9.17, 15) is 9.59 Å². The van der Waals surface area contributed by atoms with Gasteiger partial charge in [-0.05, 0) is 45.2 Å². The van der Waals surface area contributed by atoms with Gasteiger partial charge in [0.25, 0.3) is 0 Å². The fraction of sp³-hybridized carbons (Fsp3) is 0.538. The number of carboxylic acids is 1. The topological polar surface area (TPSA) is 66.8 Å². The summed E-state index contributed by atoms with van der Waals surface area (Å²) in [6.07, 6.45) is -0.652. The Bertz CT molecular complexity index is 436. The average Bonchev–Trinajstić information content (AvgIpc) is 2.66. The van der Waals surface area contributed by atoms with Crippen LogP contribution in [0.2, 0.25) is 0 Å². The van der Waals surface area contributed by atoms with Crippen molar-refractivity contribution in [2.24, 2.45) is 0 Å². The minimum absolute atomic E-state index is 0.128. The maximum absolute atomic E-state index is 12.2. The van der Waals surface area contributed by atoms with Gasteiger partial charge in [-0.1, -0.05) is 0 Å². The van der Waals surface area contributed by atoms with Crippen LogP contribution in [0.3, 0.4) is 0 Å². The molecule has 19 heavy (non-hydrogen) atoms. The van der Waals surface area contributed by atoms with E-state index in [0.29, 0.717) is 5.00 Å². The highest BCUT2D eigenvalue weighted by Crippen LogP contribution is 2.26. The van der Waals surface area contributed by atoms with Gasteiger partial charge >= 0.3 is 12.1 Å². The molecule has 1 rings (SSSR count). The molecule has 6 heteroatoms. The van der Waals surface area contributed by atoms with E-state index in [1.54, 1.807) is 33.8 Å². The number of carbonyl (C=O) groups excluding carboxylic acids is 1. The quantitative estimate of drug-likeness (QED) is 0.921. The third-order valence-corrected chi connectivity index (χ3v) is 3.11. The first kappa shape index (κ1) is 15.5. The van der Waals surface area contributed by atoms with Gasteiger partial charge in [-0.15, -0.1) is 11.3 Å². The summed E-state index contributed by atoms with van der Waals surface area (Å²) in [6, 6.07) is 3.11. The molecular weight excluding hydrogens is 266 g/mol. The number of rotatable bonds is 4. The summed E-state index contributed by atoms with van der Waals surface area (Å²) in [5.74, 6) is -0.947. The molecule has 106 valence electrons. The first-order valence-electron chi connectivity index (χ1n) is 5.98. The number of anilines is 1. The van der Waals surface area contributed by atoms with Crippen LogP contribution in [0.25, 0.3) is 0 Å². The first-order valence-corrected chi connectivity index (χ1v) is 6.86. The minimum atomic E-state index is -0.947. The van der Waals surface area contributed by atoms with Gasteiger partial charge < -0.3 is 9.84 Å². The molecule has 5 nitrogen and oxygen atoms in total. The van der Waals surface area contributed by atoms with Crippen LogP contribution >= 0.6 is 11.3 Å². The van der Waals surface area contributed by atoms with E-state index in [1.807, 2.05) is 11.4 Å². The molecule has 0 unspecified atom stereocenters. The van der Waals surface area contributed by atoms with Crippen molar-refractivity contribution in [1.82, 2.24) is 0 Å². The van der Waals surface area contributed by atoms with Gasteiger partial charge in [0.05, 0.1) is 6.42 Å². The number of carboxylic acid groups (broad SMARTS) is 1. The normalized spacial score (nSPS) is 12.8. The minimum Gasteiger partial charge on any atom is -0.481 e. The van der Waals surface area contributed by atoms with E-state index in [2.05, 4.69) is 0 Å². The van der Waals surface area contributed by atoms with Gasteiger partial charge in [0, 0.05) is 6.04 Å². The number of ether oxygens (including phenoxy) is 1. The van der Waals surface area contributed by atoms with Gasteiger partial charge in [0.15, 0.2) is 0 Å². The van der Waals surface area contributed by atoms with E-state index in [0.717, 1.165) is 0 Å². The van der Waals surface area contributed by atoms with E-state index in [4.69, 9.17) is 9.84 Å². The van der Waals surface area contributed by atoms with Crippen molar-refractivity contribution >= 4 is 28.4 Å². The Balaban J connectivity index is 2.93. The van der Waals surface area contributed by atoms with Crippen LogP contribution in [0.5, 0.6) is 0 Å². The molecule has 0 aromatic carbocycles. The molecule has 0 aliphatic heterocycles. The van der Waals surface area contributed by atoms with Crippen LogP contribution < -0.4 is 4.90 Å². The highest BCUT2D eigenvalue weighted by atomic mass is 32.1. The standard InChI is InChI=1S/C13H19NO4S/c1-9(8-11(15)16)14(10-6-5-7-19-10)12(17)18-13(2,3)4/h5-7,9H,8H2,1-4H3,(H,15,16)/t9-/m1/s1. The third-order valence-electron chi connectivity index (χ3n) is 2.24. The molecule has 0 bridgehead atoms. The maximum atomic E-state index is 12.2. The number of amides is 1. The summed E-state index contributed by atoms with van der Waals surface area (Å²) in [6.45, 7) is 7.02. The lowest BCUT2D eigenvalue weighted by molar-refractivity contribution is -0.137. The van der Waals surface area contributed by atoms with Gasteiger partial charge in [-0.25, -0.2) is 4.79 Å². The van der Waals surface area contributed by atoms with Crippen LogP contribution in [-0.4, -0.2) is 28.8 Å². The zero-order chi connectivity index (χ0) is 14.6. The average molecular weight is 285 g/mol. The summed E-state index contributed by atoms with van der Waals surface area (Å²) >= 11 is 1.37. The highest BCUT2D eigenvalue weighted by Gasteiger charge is 2.29. The zero-order valence-electron chi connectivity index (χ0n) is 11.5. The van der Waals surface area contributed by atoms with Gasteiger partial charge in [-0.3, -0.25) is 9.69 Å². The van der Waals surface area contributed by atoms with Crippen molar-refractivity contribution in [2.75, 3.05) is 4.90 Å². The molecule has 1 amide bonds.